The van der Waals surface area contributed by atoms with Crippen molar-refractivity contribution in [2.45, 2.75) is 39.2 Å². The average Bonchev–Trinajstić information content (AvgIpc) is 3.36. The molecule has 2 amide bonds. The van der Waals surface area contributed by atoms with Crippen LogP contribution in [-0.2, 0) is 16.1 Å². The van der Waals surface area contributed by atoms with Crippen LogP contribution in [0.1, 0.15) is 41.6 Å². The molecular formula is C28H36F5N5O3S. The molecule has 0 radical (unpaired) electrons. The van der Waals surface area contributed by atoms with E-state index in [2.05, 4.69) is 15.3 Å². The highest BCUT2D eigenvalue weighted by atomic mass is 32.5. The molecule has 42 heavy (non-hydrogen) atoms. The van der Waals surface area contributed by atoms with Crippen LogP contribution in [0.4, 0.5) is 19.4 Å². The van der Waals surface area contributed by atoms with Crippen molar-refractivity contribution in [3.63, 3.8) is 0 Å². The topological polar surface area (TPSA) is 79.7 Å². The van der Waals surface area contributed by atoms with E-state index < -0.39 is 21.0 Å². The zero-order valence-corrected chi connectivity index (χ0v) is 24.3. The summed E-state index contributed by atoms with van der Waals surface area (Å²) in [5, 5.41) is 8.53. The van der Waals surface area contributed by atoms with Crippen LogP contribution >= 0.6 is 10.2 Å². The number of hydrogen-bond donors (Lipinski definition) is 1. The van der Waals surface area contributed by atoms with E-state index in [4.69, 9.17) is 4.74 Å². The van der Waals surface area contributed by atoms with Crippen molar-refractivity contribution in [2.24, 2.45) is 5.92 Å². The molecule has 1 aliphatic carbocycles. The van der Waals surface area contributed by atoms with Gasteiger partial charge in [-0.3, -0.25) is 19.2 Å². The zero-order chi connectivity index (χ0) is 30.2. The number of rotatable bonds is 8. The molecule has 0 saturated carbocycles. The fourth-order valence-electron chi connectivity index (χ4n) is 5.76. The molecule has 2 saturated heterocycles. The number of halogens is 5. The highest BCUT2D eigenvalue weighted by molar-refractivity contribution is 8.48. The first-order chi connectivity index (χ1) is 19.7. The van der Waals surface area contributed by atoms with E-state index in [1.54, 1.807) is 6.07 Å². The van der Waals surface area contributed by atoms with Crippen LogP contribution in [0.25, 0.3) is 10.9 Å². The van der Waals surface area contributed by atoms with Crippen molar-refractivity contribution in [2.75, 3.05) is 52.5 Å². The molecule has 5 rings (SSSR count). The molecule has 1 aromatic heterocycles. The number of piperidine rings is 1. The van der Waals surface area contributed by atoms with Gasteiger partial charge in [0.2, 0.25) is 5.91 Å². The van der Waals surface area contributed by atoms with E-state index in [1.807, 2.05) is 23.9 Å². The Bertz CT molecular complexity index is 1430. The number of hydrogen-bond acceptors (Lipinski definition) is 5. The van der Waals surface area contributed by atoms with Crippen LogP contribution in [-0.4, -0.2) is 83.9 Å². The minimum Gasteiger partial charge on any atom is -0.379 e. The Morgan fingerprint density at radius 1 is 1.07 bits per heavy atom. The standard InChI is InChI=1S/C28H36F5N5O3S/c1-20-24(27(39)34-9-12-36-13-15-41-16-14-36)5-6-26-25(20)19-38(35-26)18-21-7-10-37(11-8-21)28(40)22-3-2-4-23(17-22)42(29,30,31,32)33/h4-6,17,19,21H,2-3,7-16,18H2,1H3,(H,34,39). The molecule has 0 atom stereocenters. The van der Waals surface area contributed by atoms with Crippen molar-refractivity contribution < 1.29 is 33.8 Å². The van der Waals surface area contributed by atoms with Gasteiger partial charge in [0.05, 0.1) is 18.7 Å². The molecule has 2 aliphatic heterocycles. The van der Waals surface area contributed by atoms with Crippen LogP contribution in [0.2, 0.25) is 0 Å². The number of aryl methyl sites for hydroxylation is 1. The largest absolute Gasteiger partial charge is 0.379 e. The summed E-state index contributed by atoms with van der Waals surface area (Å²) >= 11 is 0. The Morgan fingerprint density at radius 2 is 1.79 bits per heavy atom. The summed E-state index contributed by atoms with van der Waals surface area (Å²) in [7, 11) is -9.83. The van der Waals surface area contributed by atoms with Crippen molar-refractivity contribution in [3.05, 3.63) is 52.1 Å². The normalized spacial score (nSPS) is 21.0. The molecule has 8 nitrogen and oxygen atoms in total. The molecule has 14 heteroatoms. The van der Waals surface area contributed by atoms with Gasteiger partial charge in [-0.05, 0) is 62.3 Å². The van der Waals surface area contributed by atoms with Crippen molar-refractivity contribution in [1.82, 2.24) is 24.9 Å². The summed E-state index contributed by atoms with van der Waals surface area (Å²) in [4.78, 5) is 27.4. The van der Waals surface area contributed by atoms with Crippen LogP contribution in [0.3, 0.4) is 0 Å². The number of carbonyl (C=O) groups is 2. The lowest BCUT2D eigenvalue weighted by Gasteiger charge is -2.42. The van der Waals surface area contributed by atoms with Gasteiger partial charge < -0.3 is 15.0 Å². The smallest absolute Gasteiger partial charge is 0.310 e. The minimum atomic E-state index is -9.83. The molecule has 3 heterocycles. The lowest BCUT2D eigenvalue weighted by Crippen LogP contribution is -2.41. The maximum absolute atomic E-state index is 13.2. The Balaban J connectivity index is 1.16. The molecule has 0 spiro atoms. The van der Waals surface area contributed by atoms with E-state index in [-0.39, 0.29) is 30.2 Å². The third-order valence-corrected chi connectivity index (χ3v) is 9.39. The average molecular weight is 618 g/mol. The van der Waals surface area contributed by atoms with E-state index in [9.17, 15) is 29.0 Å². The highest BCUT2D eigenvalue weighted by Crippen LogP contribution is 3.02. The first-order valence-electron chi connectivity index (χ1n) is 14.2. The fraction of sp³-hybridized carbons (Fsp3) is 0.536. The SMILES string of the molecule is Cc1c(C(=O)NCCN2CCOCC2)ccc2nn(CC3CCN(C(=O)C4=CC(S(F)(F)(F)(F)F)=CCC4)CC3)cc12. The zero-order valence-electron chi connectivity index (χ0n) is 23.5. The number of aromatic nitrogens is 2. The second-order valence-corrected chi connectivity index (χ2v) is 13.7. The molecule has 2 aromatic rings. The number of ether oxygens (including phenoxy) is 1. The molecule has 3 aliphatic rings. The number of amides is 2. The predicted octanol–water partition coefficient (Wildman–Crippen LogP) is 5.55. The van der Waals surface area contributed by atoms with Gasteiger partial charge in [0.25, 0.3) is 5.91 Å². The summed E-state index contributed by atoms with van der Waals surface area (Å²) in [6.45, 7) is 7.56. The molecule has 1 N–H and O–H groups in total. The second kappa shape index (κ2) is 10.9. The highest BCUT2D eigenvalue weighted by Gasteiger charge is 2.66. The summed E-state index contributed by atoms with van der Waals surface area (Å²) in [6.07, 6.45) is 3.68. The number of allylic oxidation sites excluding steroid dienone is 2. The van der Waals surface area contributed by atoms with E-state index in [0.717, 1.165) is 36.1 Å². The lowest BCUT2D eigenvalue weighted by atomic mass is 9.95. The van der Waals surface area contributed by atoms with Gasteiger partial charge in [0, 0.05) is 68.5 Å². The van der Waals surface area contributed by atoms with Gasteiger partial charge in [-0.15, -0.1) is 0 Å². The first kappa shape index (κ1) is 30.5. The van der Waals surface area contributed by atoms with E-state index in [1.165, 1.54) is 4.90 Å². The molecule has 2 fully saturated rings. The Morgan fingerprint density at radius 3 is 2.48 bits per heavy atom. The van der Waals surface area contributed by atoms with Crippen molar-refractivity contribution >= 4 is 32.9 Å². The monoisotopic (exact) mass is 617 g/mol. The molecular weight excluding hydrogens is 581 g/mol. The van der Waals surface area contributed by atoms with Crippen molar-refractivity contribution in [3.8, 4) is 0 Å². The van der Waals surface area contributed by atoms with Gasteiger partial charge in [-0.25, -0.2) is 0 Å². The van der Waals surface area contributed by atoms with Gasteiger partial charge in [-0.1, -0.05) is 25.5 Å². The third kappa shape index (κ3) is 7.14. The van der Waals surface area contributed by atoms with Crippen LogP contribution < -0.4 is 5.32 Å². The summed E-state index contributed by atoms with van der Waals surface area (Å²) in [6, 6.07) is 3.60. The quantitative estimate of drug-likeness (QED) is 0.393. The summed E-state index contributed by atoms with van der Waals surface area (Å²) in [5.41, 5.74) is 1.97. The lowest BCUT2D eigenvalue weighted by molar-refractivity contribution is -0.128. The molecule has 0 bridgehead atoms. The summed E-state index contributed by atoms with van der Waals surface area (Å²) < 4.78 is 73.4. The van der Waals surface area contributed by atoms with Crippen LogP contribution in [0.5, 0.6) is 0 Å². The number of fused-ring (bicyclic) bond motifs is 1. The first-order valence-corrected chi connectivity index (χ1v) is 16.1. The number of likely N-dealkylation sites (tertiary alicyclic amines) is 1. The maximum atomic E-state index is 13.2. The second-order valence-electron chi connectivity index (χ2n) is 11.3. The Labute approximate surface area is 241 Å². The summed E-state index contributed by atoms with van der Waals surface area (Å²) in [5.74, 6) is -0.576. The third-order valence-electron chi connectivity index (χ3n) is 8.21. The number of nitrogens with zero attached hydrogens (tertiary/aromatic N) is 4. The molecule has 0 unspecified atom stereocenters. The van der Waals surface area contributed by atoms with Gasteiger partial charge >= 0.3 is 10.2 Å². The predicted molar refractivity (Wildman–Crippen MR) is 152 cm³/mol. The number of morpholine rings is 1. The number of benzene rings is 1. The maximum Gasteiger partial charge on any atom is 0.310 e. The van der Waals surface area contributed by atoms with Gasteiger partial charge in [0.15, 0.2) is 0 Å². The van der Waals surface area contributed by atoms with Gasteiger partial charge in [0.1, 0.15) is 4.91 Å². The van der Waals surface area contributed by atoms with Crippen LogP contribution in [0, 0.1) is 12.8 Å². The molecule has 232 valence electrons. The van der Waals surface area contributed by atoms with Gasteiger partial charge in [-0.2, -0.15) is 5.10 Å². The number of nitrogens with one attached hydrogen (secondary N) is 1. The van der Waals surface area contributed by atoms with Crippen LogP contribution in [0.15, 0.2) is 41.0 Å². The Hall–Kier alpha value is -2.97. The fourth-order valence-corrected chi connectivity index (χ4v) is 6.56. The van der Waals surface area contributed by atoms with E-state index in [0.29, 0.717) is 69.9 Å². The Kier molecular flexibility index (Phi) is 7.94. The molecule has 1 aromatic carbocycles. The minimum absolute atomic E-state index is 0.00319. The number of carbonyl (C=O) groups excluding carboxylic acids is 2. The van der Waals surface area contributed by atoms with E-state index >= 15 is 0 Å². The van der Waals surface area contributed by atoms with Crippen molar-refractivity contribution in [1.29, 1.82) is 0 Å².